The zero-order valence-electron chi connectivity index (χ0n) is 20.3. The molecule has 0 bridgehead atoms. The molecular formula is C26H20F8N2O4. The zero-order valence-corrected chi connectivity index (χ0v) is 20.3. The highest BCUT2D eigenvalue weighted by Gasteiger charge is 2.41. The van der Waals surface area contributed by atoms with E-state index in [0.29, 0.717) is 15.4 Å². The minimum absolute atomic E-state index is 0.327. The Hall–Kier alpha value is -3.91. The fourth-order valence-corrected chi connectivity index (χ4v) is 4.46. The van der Waals surface area contributed by atoms with Crippen molar-refractivity contribution in [1.29, 1.82) is 0 Å². The Bertz CT molecular complexity index is 1380. The van der Waals surface area contributed by atoms with Crippen LogP contribution in [0.2, 0.25) is 0 Å². The van der Waals surface area contributed by atoms with E-state index in [1.165, 1.54) is 0 Å². The van der Waals surface area contributed by atoms with Crippen LogP contribution in [0.1, 0.15) is 28.3 Å². The van der Waals surface area contributed by atoms with Crippen molar-refractivity contribution in [2.75, 3.05) is 24.5 Å². The van der Waals surface area contributed by atoms with E-state index in [4.69, 9.17) is 14.9 Å². The highest BCUT2D eigenvalue weighted by atomic mass is 19.2. The standard InChI is InChI=1S/C26H20F8N2O4/c27-17-13(9-37)18(28)22(32)16(21(17)31)15-8-35(25-23(33)19(29)14(10-38)20(30)24(25)34)6-7-36(15)26(39)40-11-12-4-2-1-3-5-12/h1-5,15,37-38H,6-11H2. The molecule has 214 valence electrons. The Labute approximate surface area is 221 Å². The summed E-state index contributed by atoms with van der Waals surface area (Å²) in [6.07, 6.45) is -1.23. The quantitative estimate of drug-likeness (QED) is 0.320. The van der Waals surface area contributed by atoms with Gasteiger partial charge in [0.1, 0.15) is 12.3 Å². The lowest BCUT2D eigenvalue weighted by Crippen LogP contribution is -2.52. The number of hydrogen-bond acceptors (Lipinski definition) is 5. The number of carbonyl (C=O) groups is 1. The molecule has 1 aliphatic heterocycles. The van der Waals surface area contributed by atoms with Crippen LogP contribution in [0.25, 0.3) is 0 Å². The summed E-state index contributed by atoms with van der Waals surface area (Å²) in [4.78, 5) is 14.2. The number of hydrogen-bond donors (Lipinski definition) is 2. The largest absolute Gasteiger partial charge is 0.445 e. The summed E-state index contributed by atoms with van der Waals surface area (Å²) >= 11 is 0. The maximum absolute atomic E-state index is 15.1. The van der Waals surface area contributed by atoms with Crippen LogP contribution in [0.15, 0.2) is 30.3 Å². The Morgan fingerprint density at radius 1 is 0.750 bits per heavy atom. The smallest absolute Gasteiger partial charge is 0.410 e. The van der Waals surface area contributed by atoms with E-state index in [9.17, 15) is 31.1 Å². The van der Waals surface area contributed by atoms with Gasteiger partial charge in [0.05, 0.1) is 35.9 Å². The van der Waals surface area contributed by atoms with Crippen LogP contribution in [-0.4, -0.2) is 40.8 Å². The topological polar surface area (TPSA) is 73.2 Å². The fraction of sp³-hybridized carbons (Fsp3) is 0.269. The predicted molar refractivity (Wildman–Crippen MR) is 123 cm³/mol. The molecule has 1 amide bonds. The fourth-order valence-electron chi connectivity index (χ4n) is 4.46. The molecule has 0 radical (unpaired) electrons. The molecule has 0 aliphatic carbocycles. The molecule has 3 aromatic carbocycles. The van der Waals surface area contributed by atoms with E-state index < -0.39 is 114 Å². The molecule has 40 heavy (non-hydrogen) atoms. The molecule has 14 heteroatoms. The average molecular weight is 576 g/mol. The molecule has 1 heterocycles. The van der Waals surface area contributed by atoms with Gasteiger partial charge in [-0.1, -0.05) is 30.3 Å². The van der Waals surface area contributed by atoms with E-state index >= 15 is 8.78 Å². The SMILES string of the molecule is O=C(OCc1ccccc1)N1CCN(c2c(F)c(F)c(CO)c(F)c2F)CC1c1c(F)c(F)c(CO)c(F)c1F. The van der Waals surface area contributed by atoms with Crippen molar-refractivity contribution in [3.8, 4) is 0 Å². The molecule has 0 saturated carbocycles. The van der Waals surface area contributed by atoms with Crippen molar-refractivity contribution in [3.05, 3.63) is 99.1 Å². The van der Waals surface area contributed by atoms with Gasteiger partial charge in [0.2, 0.25) is 0 Å². The summed E-state index contributed by atoms with van der Waals surface area (Å²) in [5.41, 5.74) is -4.86. The van der Waals surface area contributed by atoms with Crippen LogP contribution in [0, 0.1) is 46.5 Å². The lowest BCUT2D eigenvalue weighted by molar-refractivity contribution is 0.0737. The monoisotopic (exact) mass is 576 g/mol. The van der Waals surface area contributed by atoms with Gasteiger partial charge in [-0.25, -0.2) is 39.9 Å². The van der Waals surface area contributed by atoms with E-state index in [-0.39, 0.29) is 6.61 Å². The highest BCUT2D eigenvalue weighted by Crippen LogP contribution is 2.38. The summed E-state index contributed by atoms with van der Waals surface area (Å²) in [6, 6.07) is 6.09. The van der Waals surface area contributed by atoms with Crippen LogP contribution in [-0.2, 0) is 24.6 Å². The van der Waals surface area contributed by atoms with E-state index in [2.05, 4.69) is 0 Å². The van der Waals surface area contributed by atoms with Gasteiger partial charge in [0, 0.05) is 19.6 Å². The van der Waals surface area contributed by atoms with Crippen molar-refractivity contribution in [3.63, 3.8) is 0 Å². The Kier molecular flexibility index (Phi) is 8.49. The zero-order chi connectivity index (χ0) is 29.3. The first-order valence-corrected chi connectivity index (χ1v) is 11.7. The first kappa shape index (κ1) is 29.1. The molecule has 1 aliphatic rings. The predicted octanol–water partition coefficient (Wildman–Crippen LogP) is 4.98. The maximum atomic E-state index is 15.1. The summed E-state index contributed by atoms with van der Waals surface area (Å²) in [5.74, 6) is -15.7. The van der Waals surface area contributed by atoms with Crippen molar-refractivity contribution >= 4 is 11.8 Å². The number of anilines is 1. The number of nitrogens with zero attached hydrogens (tertiary/aromatic N) is 2. The molecule has 0 aromatic heterocycles. The minimum atomic E-state index is -2.03. The second-order valence-corrected chi connectivity index (χ2v) is 8.74. The number of ether oxygens (including phenoxy) is 1. The molecule has 4 rings (SSSR count). The second kappa shape index (κ2) is 11.7. The third-order valence-corrected chi connectivity index (χ3v) is 6.51. The summed E-state index contributed by atoms with van der Waals surface area (Å²) in [7, 11) is 0. The summed E-state index contributed by atoms with van der Waals surface area (Å²) in [5, 5.41) is 18.2. The number of halogens is 8. The number of rotatable bonds is 6. The lowest BCUT2D eigenvalue weighted by Gasteiger charge is -2.42. The molecule has 0 spiro atoms. The first-order chi connectivity index (χ1) is 19.0. The van der Waals surface area contributed by atoms with Gasteiger partial charge < -0.3 is 19.8 Å². The van der Waals surface area contributed by atoms with E-state index in [0.717, 1.165) is 0 Å². The van der Waals surface area contributed by atoms with Crippen LogP contribution < -0.4 is 4.90 Å². The van der Waals surface area contributed by atoms with E-state index in [1.807, 2.05) is 0 Å². The van der Waals surface area contributed by atoms with Crippen molar-refractivity contribution in [2.45, 2.75) is 25.9 Å². The summed E-state index contributed by atoms with van der Waals surface area (Å²) < 4.78 is 123. The Morgan fingerprint density at radius 2 is 1.25 bits per heavy atom. The van der Waals surface area contributed by atoms with Crippen molar-refractivity contribution in [1.82, 2.24) is 4.90 Å². The molecular weight excluding hydrogens is 556 g/mol. The van der Waals surface area contributed by atoms with E-state index in [1.54, 1.807) is 30.3 Å². The minimum Gasteiger partial charge on any atom is -0.445 e. The van der Waals surface area contributed by atoms with Crippen LogP contribution in [0.4, 0.5) is 45.6 Å². The molecule has 1 fully saturated rings. The maximum Gasteiger partial charge on any atom is 0.410 e. The molecule has 3 aromatic rings. The van der Waals surface area contributed by atoms with Crippen LogP contribution >= 0.6 is 0 Å². The second-order valence-electron chi connectivity index (χ2n) is 8.74. The van der Waals surface area contributed by atoms with Crippen molar-refractivity contribution in [2.24, 2.45) is 0 Å². The highest BCUT2D eigenvalue weighted by molar-refractivity contribution is 5.69. The number of aliphatic hydroxyl groups excluding tert-OH is 2. The average Bonchev–Trinajstić information content (AvgIpc) is 2.95. The molecule has 1 saturated heterocycles. The van der Waals surface area contributed by atoms with Crippen molar-refractivity contribution < 1.29 is 54.9 Å². The third-order valence-electron chi connectivity index (χ3n) is 6.51. The summed E-state index contributed by atoms with van der Waals surface area (Å²) in [6.45, 7) is -5.33. The van der Waals surface area contributed by atoms with Crippen LogP contribution in [0.3, 0.4) is 0 Å². The number of carbonyl (C=O) groups excluding carboxylic acids is 1. The lowest BCUT2D eigenvalue weighted by atomic mass is 9.97. The van der Waals surface area contributed by atoms with Gasteiger partial charge in [-0.15, -0.1) is 0 Å². The van der Waals surface area contributed by atoms with Gasteiger partial charge in [-0.3, -0.25) is 4.90 Å². The van der Waals surface area contributed by atoms with Crippen LogP contribution in [0.5, 0.6) is 0 Å². The third kappa shape index (κ3) is 5.04. The number of benzene rings is 3. The molecule has 6 nitrogen and oxygen atoms in total. The molecule has 1 atom stereocenters. The number of aliphatic hydroxyl groups is 2. The molecule has 2 N–H and O–H groups in total. The van der Waals surface area contributed by atoms with Gasteiger partial charge in [0.25, 0.3) is 0 Å². The van der Waals surface area contributed by atoms with Gasteiger partial charge in [-0.2, -0.15) is 0 Å². The first-order valence-electron chi connectivity index (χ1n) is 11.7. The van der Waals surface area contributed by atoms with Gasteiger partial charge in [-0.05, 0) is 5.56 Å². The molecule has 1 unspecified atom stereocenters. The number of amides is 1. The Balaban J connectivity index is 1.79. The van der Waals surface area contributed by atoms with Gasteiger partial charge in [0.15, 0.2) is 46.5 Å². The van der Waals surface area contributed by atoms with Gasteiger partial charge >= 0.3 is 6.09 Å². The Morgan fingerprint density at radius 3 is 1.75 bits per heavy atom. The normalized spacial score (nSPS) is 15.5. The number of piperazine rings is 1.